The summed E-state index contributed by atoms with van der Waals surface area (Å²) in [6.45, 7) is 1.61. The molecule has 0 aromatic heterocycles. The van der Waals surface area contributed by atoms with Gasteiger partial charge in [0.1, 0.15) is 19.3 Å². The lowest BCUT2D eigenvalue weighted by molar-refractivity contribution is -0.870. The number of hydrogen-bond acceptors (Lipinski definition) is 7. The molecule has 0 aromatic carbocycles. The lowest BCUT2D eigenvalue weighted by atomic mass is 10.0. The second kappa shape index (κ2) is 11.3. The summed E-state index contributed by atoms with van der Waals surface area (Å²) < 4.78 is 22.3. The molecule has 10 heteroatoms. The van der Waals surface area contributed by atoms with Gasteiger partial charge in [0.15, 0.2) is 11.9 Å². The van der Waals surface area contributed by atoms with Crippen LogP contribution >= 0.6 is 7.82 Å². The van der Waals surface area contributed by atoms with Crippen LogP contribution in [0.2, 0.25) is 0 Å². The van der Waals surface area contributed by atoms with Gasteiger partial charge in [-0.05, 0) is 6.42 Å². The molecule has 9 nitrogen and oxygen atoms in total. The quantitative estimate of drug-likeness (QED) is 0.137. The monoisotopic (exact) mass is 372 g/mol. The number of phosphoric acid groups is 1. The van der Waals surface area contributed by atoms with Crippen molar-refractivity contribution < 1.29 is 43.0 Å². The molecule has 2 unspecified atom stereocenters. The molecule has 0 aliphatic rings. The molecule has 0 aliphatic carbocycles. The van der Waals surface area contributed by atoms with Gasteiger partial charge in [0, 0.05) is 6.42 Å². The summed E-state index contributed by atoms with van der Waals surface area (Å²) >= 11 is 0. The van der Waals surface area contributed by atoms with E-state index in [2.05, 4.69) is 4.89 Å². The fraction of sp³-hybridized carbons (Fsp3) is 0.929. The third kappa shape index (κ3) is 10.5. The number of rotatable bonds is 14. The van der Waals surface area contributed by atoms with Gasteiger partial charge in [-0.1, -0.05) is 19.8 Å². The summed E-state index contributed by atoms with van der Waals surface area (Å²) in [5, 5.41) is 18.0. The third-order valence-corrected chi connectivity index (χ3v) is 4.26. The van der Waals surface area contributed by atoms with Crippen LogP contribution in [0, 0.1) is 0 Å². The largest absolute Gasteiger partial charge is 0.473 e. The number of ketones is 1. The Hall–Kier alpha value is -0.380. The van der Waals surface area contributed by atoms with Crippen LogP contribution < -0.4 is 0 Å². The third-order valence-electron chi connectivity index (χ3n) is 3.26. The number of quaternary nitrogens is 1. The summed E-state index contributed by atoms with van der Waals surface area (Å²) in [7, 11) is 1.11. The summed E-state index contributed by atoms with van der Waals surface area (Å²) in [6, 6.07) is 0. The van der Waals surface area contributed by atoms with E-state index in [1.54, 1.807) is 0 Å². The summed E-state index contributed by atoms with van der Waals surface area (Å²) in [6.07, 6.45) is -0.697. The Balaban J connectivity index is 4.83. The van der Waals surface area contributed by atoms with Crippen LogP contribution in [0.5, 0.6) is 0 Å². The smallest absolute Gasteiger partial charge is 0.393 e. The molecule has 0 aliphatic heterocycles. The maximum atomic E-state index is 12.2. The van der Waals surface area contributed by atoms with Gasteiger partial charge in [0.25, 0.3) is 0 Å². The van der Waals surface area contributed by atoms with E-state index in [0.717, 1.165) is 12.8 Å². The Morgan fingerprint density at radius 2 is 1.88 bits per heavy atom. The minimum Gasteiger partial charge on any atom is -0.393 e. The van der Waals surface area contributed by atoms with E-state index in [1.807, 2.05) is 28.1 Å². The number of aliphatic hydroxyl groups is 1. The van der Waals surface area contributed by atoms with Crippen molar-refractivity contribution in [3.8, 4) is 0 Å². The molecule has 0 rings (SSSR count). The van der Waals surface area contributed by atoms with Crippen molar-refractivity contribution >= 4 is 13.6 Å². The summed E-state index contributed by atoms with van der Waals surface area (Å²) in [4.78, 5) is 26.0. The van der Waals surface area contributed by atoms with Crippen molar-refractivity contribution in [3.05, 3.63) is 0 Å². The second-order valence-electron chi connectivity index (χ2n) is 6.59. The van der Waals surface area contributed by atoms with Gasteiger partial charge in [0.2, 0.25) is 0 Å². The zero-order valence-corrected chi connectivity index (χ0v) is 15.8. The number of unbranched alkanes of at least 4 members (excludes halogenated alkanes) is 2. The average Bonchev–Trinajstić information content (AvgIpc) is 2.45. The van der Waals surface area contributed by atoms with Crippen molar-refractivity contribution in [1.82, 2.24) is 0 Å². The number of carbonyl (C=O) groups is 1. The molecule has 3 N–H and O–H groups in total. The highest BCUT2D eigenvalue weighted by Crippen LogP contribution is 2.45. The fourth-order valence-corrected chi connectivity index (χ4v) is 2.73. The number of carbonyl (C=O) groups excluding carboxylic acids is 1. The zero-order valence-electron chi connectivity index (χ0n) is 14.9. The van der Waals surface area contributed by atoms with Gasteiger partial charge in [-0.2, -0.15) is 0 Å². The highest BCUT2D eigenvalue weighted by molar-refractivity contribution is 7.47. The normalized spacial score (nSPS) is 17.3. The molecule has 0 bridgehead atoms. The molecule has 0 amide bonds. The first kappa shape index (κ1) is 23.6. The summed E-state index contributed by atoms with van der Waals surface area (Å²) in [5.74, 6) is -0.541. The van der Waals surface area contributed by atoms with E-state index < -0.39 is 32.4 Å². The molecule has 0 spiro atoms. The molecule has 24 heavy (non-hydrogen) atoms. The van der Waals surface area contributed by atoms with Crippen molar-refractivity contribution in [2.24, 2.45) is 0 Å². The van der Waals surface area contributed by atoms with Crippen LogP contribution in [-0.2, 0) is 23.3 Å². The van der Waals surface area contributed by atoms with Crippen LogP contribution in [0.3, 0.4) is 0 Å². The van der Waals surface area contributed by atoms with Gasteiger partial charge in [-0.3, -0.25) is 19.1 Å². The van der Waals surface area contributed by atoms with Crippen molar-refractivity contribution in [1.29, 1.82) is 0 Å². The molecular formula is C14H31NO8P+. The topological polar surface area (TPSA) is 123 Å². The molecule has 144 valence electrons. The van der Waals surface area contributed by atoms with E-state index in [-0.39, 0.29) is 13.0 Å². The standard InChI is InChI=1S/C14H30NO8P/c1-5-6-7-8-12(17)14(13(11-16)22-18)23-24(19,20)21-10-9-15(2,3)4/h13-14,16H,5-11H2,1-4H3,(H-,18,19,20)/p+1/t13-,14?/m0/s1. The van der Waals surface area contributed by atoms with E-state index in [0.29, 0.717) is 17.4 Å². The molecule has 0 heterocycles. The van der Waals surface area contributed by atoms with Gasteiger partial charge in [-0.25, -0.2) is 9.45 Å². The molecular weight excluding hydrogens is 341 g/mol. The lowest BCUT2D eigenvalue weighted by Gasteiger charge is -2.26. The van der Waals surface area contributed by atoms with E-state index >= 15 is 0 Å². The number of nitrogens with zero attached hydrogens (tertiary/aromatic N) is 1. The van der Waals surface area contributed by atoms with E-state index in [9.17, 15) is 14.3 Å². The van der Waals surface area contributed by atoms with Crippen molar-refractivity contribution in [3.63, 3.8) is 0 Å². The predicted octanol–water partition coefficient (Wildman–Crippen LogP) is 1.19. The fourth-order valence-electron chi connectivity index (χ4n) is 1.81. The first-order valence-electron chi connectivity index (χ1n) is 7.96. The number of hydrogen-bond donors (Lipinski definition) is 3. The molecule has 0 aromatic rings. The minimum absolute atomic E-state index is 0.0577. The SMILES string of the molecule is CCCCCC(=O)C(OP(=O)(O)OCC[N+](C)(C)C)[C@H](CO)OO. The highest BCUT2D eigenvalue weighted by Gasteiger charge is 2.37. The first-order valence-corrected chi connectivity index (χ1v) is 9.45. The molecule has 0 radical (unpaired) electrons. The number of likely N-dealkylation sites (N-methyl/N-ethyl adjacent to an activating group) is 1. The minimum atomic E-state index is -4.54. The van der Waals surface area contributed by atoms with Gasteiger partial charge >= 0.3 is 7.82 Å². The summed E-state index contributed by atoms with van der Waals surface area (Å²) in [5.41, 5.74) is 0. The van der Waals surface area contributed by atoms with Crippen molar-refractivity contribution in [2.45, 2.75) is 44.8 Å². The first-order chi connectivity index (χ1) is 11.1. The Kier molecular flexibility index (Phi) is 11.1. The highest BCUT2D eigenvalue weighted by atomic mass is 31.2. The van der Waals surface area contributed by atoms with Gasteiger partial charge < -0.3 is 14.5 Å². The van der Waals surface area contributed by atoms with Gasteiger partial charge in [0.05, 0.1) is 27.7 Å². The number of phosphoric ester groups is 1. The average molecular weight is 372 g/mol. The Morgan fingerprint density at radius 1 is 1.25 bits per heavy atom. The Labute approximate surface area is 143 Å². The van der Waals surface area contributed by atoms with Crippen LogP contribution in [0.1, 0.15) is 32.6 Å². The van der Waals surface area contributed by atoms with Gasteiger partial charge in [-0.15, -0.1) is 0 Å². The Morgan fingerprint density at radius 3 is 2.33 bits per heavy atom. The number of aliphatic hydroxyl groups excluding tert-OH is 1. The maximum Gasteiger partial charge on any atom is 0.473 e. The Bertz CT molecular complexity index is 408. The maximum absolute atomic E-state index is 12.2. The van der Waals surface area contributed by atoms with Crippen molar-refractivity contribution in [2.75, 3.05) is 40.9 Å². The van der Waals surface area contributed by atoms with Crippen LogP contribution in [0.15, 0.2) is 0 Å². The molecule has 3 atom stereocenters. The van der Waals surface area contributed by atoms with Crippen LogP contribution in [0.4, 0.5) is 0 Å². The predicted molar refractivity (Wildman–Crippen MR) is 87.3 cm³/mol. The number of Topliss-reactive ketones (excluding diaryl/α,β-unsaturated/α-hetero) is 1. The van der Waals surface area contributed by atoms with Crippen LogP contribution in [0.25, 0.3) is 0 Å². The van der Waals surface area contributed by atoms with E-state index in [1.165, 1.54) is 0 Å². The zero-order chi connectivity index (χ0) is 18.8. The second-order valence-corrected chi connectivity index (χ2v) is 8.00. The lowest BCUT2D eigenvalue weighted by Crippen LogP contribution is -2.40. The molecule has 0 fully saturated rings. The molecule has 0 saturated carbocycles. The molecule has 0 saturated heterocycles. The van der Waals surface area contributed by atoms with E-state index in [4.69, 9.17) is 19.4 Å². The van der Waals surface area contributed by atoms with Crippen LogP contribution in [-0.4, -0.2) is 78.6 Å².